The van der Waals surface area contributed by atoms with Gasteiger partial charge in [0.1, 0.15) is 17.2 Å². The van der Waals surface area contributed by atoms with Gasteiger partial charge in [0.2, 0.25) is 5.43 Å². The molecule has 0 saturated carbocycles. The van der Waals surface area contributed by atoms with Gasteiger partial charge in [0.05, 0.1) is 36.3 Å². The molecule has 1 heterocycles. The standard InChI is InChI=1S/C30H26FNO4/c1-30(2,3)18-35-29-21(6-5-7-25(29)34-4)12-15-24-27(20-10-8-19(17-32)9-11-20)28(33)23-14-13-22(31)16-26(23)36-24/h5-16H,18H2,1-4H3. The molecule has 0 spiro atoms. The van der Waals surface area contributed by atoms with Crippen molar-refractivity contribution >= 4 is 23.1 Å². The van der Waals surface area contributed by atoms with E-state index in [0.717, 1.165) is 5.56 Å². The summed E-state index contributed by atoms with van der Waals surface area (Å²) in [5, 5.41) is 9.42. The van der Waals surface area contributed by atoms with E-state index in [2.05, 4.69) is 26.8 Å². The summed E-state index contributed by atoms with van der Waals surface area (Å²) in [5.41, 5.74) is 1.88. The normalized spacial score (nSPS) is 11.6. The average molecular weight is 484 g/mol. The minimum atomic E-state index is -0.502. The average Bonchev–Trinajstić information content (AvgIpc) is 2.85. The Kier molecular flexibility index (Phi) is 6.93. The molecule has 0 unspecified atom stereocenters. The Bertz CT molecular complexity index is 1540. The van der Waals surface area contributed by atoms with Gasteiger partial charge in [-0.3, -0.25) is 4.79 Å². The summed E-state index contributed by atoms with van der Waals surface area (Å²) in [6, 6.07) is 18.1. The number of rotatable bonds is 6. The topological polar surface area (TPSA) is 72.5 Å². The monoisotopic (exact) mass is 483 g/mol. The van der Waals surface area contributed by atoms with Gasteiger partial charge in [-0.25, -0.2) is 4.39 Å². The van der Waals surface area contributed by atoms with Crippen molar-refractivity contribution in [3.8, 4) is 28.7 Å². The highest BCUT2D eigenvalue weighted by molar-refractivity contribution is 5.87. The molecule has 0 N–H and O–H groups in total. The second-order valence-electron chi connectivity index (χ2n) is 9.56. The number of hydrogen-bond acceptors (Lipinski definition) is 5. The molecule has 36 heavy (non-hydrogen) atoms. The number of nitrogens with zero attached hydrogens (tertiary/aromatic N) is 1. The van der Waals surface area contributed by atoms with Crippen molar-refractivity contribution in [2.24, 2.45) is 5.41 Å². The third kappa shape index (κ3) is 5.31. The van der Waals surface area contributed by atoms with Crippen molar-refractivity contribution in [2.75, 3.05) is 13.7 Å². The lowest BCUT2D eigenvalue weighted by atomic mass is 9.98. The van der Waals surface area contributed by atoms with Crippen molar-refractivity contribution < 1.29 is 18.3 Å². The SMILES string of the molecule is COc1cccc(C=Cc2oc3cc(F)ccc3c(=O)c2-c2ccc(C#N)cc2)c1OCC(C)(C)C. The largest absolute Gasteiger partial charge is 0.493 e. The summed E-state index contributed by atoms with van der Waals surface area (Å²) in [6.45, 7) is 6.69. The lowest BCUT2D eigenvalue weighted by Crippen LogP contribution is -2.17. The van der Waals surface area contributed by atoms with E-state index in [1.54, 1.807) is 43.5 Å². The molecule has 0 atom stereocenters. The first kappa shape index (κ1) is 24.7. The second-order valence-corrected chi connectivity index (χ2v) is 9.56. The van der Waals surface area contributed by atoms with Gasteiger partial charge in [-0.15, -0.1) is 0 Å². The third-order valence-electron chi connectivity index (χ3n) is 5.48. The number of halogens is 1. The zero-order chi connectivity index (χ0) is 25.9. The molecule has 182 valence electrons. The number of hydrogen-bond donors (Lipinski definition) is 0. The Morgan fingerprint density at radius 1 is 1.06 bits per heavy atom. The van der Waals surface area contributed by atoms with Crippen LogP contribution in [0.1, 0.15) is 37.7 Å². The quantitative estimate of drug-likeness (QED) is 0.293. The van der Waals surface area contributed by atoms with E-state index in [4.69, 9.17) is 19.2 Å². The molecule has 3 aromatic carbocycles. The van der Waals surface area contributed by atoms with Crippen LogP contribution in [-0.2, 0) is 0 Å². The van der Waals surface area contributed by atoms with Crippen LogP contribution in [0.2, 0.25) is 0 Å². The molecule has 0 aliphatic rings. The number of methoxy groups -OCH3 is 1. The zero-order valence-corrected chi connectivity index (χ0v) is 20.6. The second kappa shape index (κ2) is 10.1. The van der Waals surface area contributed by atoms with Crippen LogP contribution in [0.25, 0.3) is 34.2 Å². The number of fused-ring (bicyclic) bond motifs is 1. The summed E-state index contributed by atoms with van der Waals surface area (Å²) in [6.07, 6.45) is 3.44. The molecular formula is C30H26FNO4. The molecule has 4 aromatic rings. The Labute approximate surface area is 209 Å². The highest BCUT2D eigenvalue weighted by Gasteiger charge is 2.18. The first-order valence-corrected chi connectivity index (χ1v) is 11.4. The Morgan fingerprint density at radius 3 is 2.47 bits per heavy atom. The molecule has 5 nitrogen and oxygen atoms in total. The van der Waals surface area contributed by atoms with Crippen LogP contribution in [-0.4, -0.2) is 13.7 Å². The van der Waals surface area contributed by atoms with Gasteiger partial charge in [-0.05, 0) is 53.5 Å². The van der Waals surface area contributed by atoms with E-state index >= 15 is 0 Å². The smallest absolute Gasteiger partial charge is 0.201 e. The maximum Gasteiger partial charge on any atom is 0.201 e. The van der Waals surface area contributed by atoms with Crippen LogP contribution < -0.4 is 14.9 Å². The minimum Gasteiger partial charge on any atom is -0.493 e. The molecule has 0 fully saturated rings. The summed E-state index contributed by atoms with van der Waals surface area (Å²) in [7, 11) is 1.58. The Hall–Kier alpha value is -4.37. The third-order valence-corrected chi connectivity index (χ3v) is 5.48. The zero-order valence-electron chi connectivity index (χ0n) is 20.6. The van der Waals surface area contributed by atoms with Crippen LogP contribution in [0.3, 0.4) is 0 Å². The van der Waals surface area contributed by atoms with Crippen LogP contribution in [0, 0.1) is 22.6 Å². The molecule has 1 aromatic heterocycles. The van der Waals surface area contributed by atoms with E-state index < -0.39 is 5.82 Å². The number of benzene rings is 3. The number of ether oxygens (including phenoxy) is 2. The Morgan fingerprint density at radius 2 is 1.81 bits per heavy atom. The van der Waals surface area contributed by atoms with Crippen LogP contribution >= 0.6 is 0 Å². The molecule has 4 rings (SSSR count). The fourth-order valence-electron chi connectivity index (χ4n) is 3.72. The lowest BCUT2D eigenvalue weighted by molar-refractivity contribution is 0.191. The predicted molar refractivity (Wildman–Crippen MR) is 139 cm³/mol. The maximum absolute atomic E-state index is 13.9. The van der Waals surface area contributed by atoms with Crippen molar-refractivity contribution in [1.29, 1.82) is 5.26 Å². The van der Waals surface area contributed by atoms with E-state index in [1.165, 1.54) is 18.2 Å². The van der Waals surface area contributed by atoms with E-state index in [0.29, 0.717) is 34.8 Å². The van der Waals surface area contributed by atoms with Gasteiger partial charge < -0.3 is 13.9 Å². The van der Waals surface area contributed by atoms with Gasteiger partial charge in [0, 0.05) is 11.6 Å². The van der Waals surface area contributed by atoms with E-state index in [1.807, 2.05) is 18.2 Å². The molecule has 6 heteroatoms. The van der Waals surface area contributed by atoms with Crippen molar-refractivity contribution in [1.82, 2.24) is 0 Å². The highest BCUT2D eigenvalue weighted by atomic mass is 19.1. The summed E-state index contributed by atoms with van der Waals surface area (Å²) in [4.78, 5) is 13.5. The van der Waals surface area contributed by atoms with Crippen LogP contribution in [0.5, 0.6) is 11.5 Å². The summed E-state index contributed by atoms with van der Waals surface area (Å²) in [5.74, 6) is 0.904. The van der Waals surface area contributed by atoms with Gasteiger partial charge >= 0.3 is 0 Å². The first-order chi connectivity index (χ1) is 17.2. The van der Waals surface area contributed by atoms with Crippen molar-refractivity contribution in [3.05, 3.63) is 93.6 Å². The highest BCUT2D eigenvalue weighted by Crippen LogP contribution is 2.34. The molecule has 0 saturated heterocycles. The van der Waals surface area contributed by atoms with Gasteiger partial charge in [-0.2, -0.15) is 5.26 Å². The maximum atomic E-state index is 13.9. The first-order valence-electron chi connectivity index (χ1n) is 11.4. The molecule has 0 radical (unpaired) electrons. The predicted octanol–water partition coefficient (Wildman–Crippen LogP) is 7.07. The van der Waals surface area contributed by atoms with Crippen LogP contribution in [0.4, 0.5) is 4.39 Å². The molecule has 0 aliphatic carbocycles. The molecule has 0 aliphatic heterocycles. The minimum absolute atomic E-state index is 0.0696. The van der Waals surface area contributed by atoms with Crippen LogP contribution in [0.15, 0.2) is 69.9 Å². The fraction of sp³-hybridized carbons (Fsp3) is 0.200. The van der Waals surface area contributed by atoms with Gasteiger partial charge in [-0.1, -0.05) is 45.0 Å². The summed E-state index contributed by atoms with van der Waals surface area (Å²) < 4.78 is 31.6. The van der Waals surface area contributed by atoms with E-state index in [-0.39, 0.29) is 27.6 Å². The lowest BCUT2D eigenvalue weighted by Gasteiger charge is -2.21. The fourth-order valence-corrected chi connectivity index (χ4v) is 3.72. The molecule has 0 bridgehead atoms. The summed E-state index contributed by atoms with van der Waals surface area (Å²) >= 11 is 0. The number of nitriles is 1. The molecule has 0 amide bonds. The van der Waals surface area contributed by atoms with Gasteiger partial charge in [0.15, 0.2) is 11.5 Å². The Balaban J connectivity index is 1.88. The number of para-hydroxylation sites is 1. The molecular weight excluding hydrogens is 457 g/mol. The van der Waals surface area contributed by atoms with Crippen molar-refractivity contribution in [2.45, 2.75) is 20.8 Å². The van der Waals surface area contributed by atoms with Gasteiger partial charge in [0.25, 0.3) is 0 Å². The van der Waals surface area contributed by atoms with Crippen molar-refractivity contribution in [3.63, 3.8) is 0 Å². The van der Waals surface area contributed by atoms with E-state index in [9.17, 15) is 9.18 Å².